The summed E-state index contributed by atoms with van der Waals surface area (Å²) in [6, 6.07) is 10.4. The molecule has 0 aliphatic carbocycles. The van der Waals surface area contributed by atoms with Crippen molar-refractivity contribution in [3.63, 3.8) is 0 Å². The molecule has 1 saturated heterocycles. The van der Waals surface area contributed by atoms with E-state index in [2.05, 4.69) is 56.6 Å². The Balaban J connectivity index is 1.43. The molecule has 2 aromatic rings. The van der Waals surface area contributed by atoms with E-state index in [0.29, 0.717) is 24.2 Å². The smallest absolute Gasteiger partial charge is 0.246 e. The molecule has 0 radical (unpaired) electrons. The third-order valence-electron chi connectivity index (χ3n) is 4.67. The zero-order valence-electron chi connectivity index (χ0n) is 14.9. The van der Waals surface area contributed by atoms with Gasteiger partial charge in [0.1, 0.15) is 0 Å². The quantitative estimate of drug-likeness (QED) is 0.809. The molecular formula is C19H27N5O. The molecule has 1 aromatic carbocycles. The zero-order chi connectivity index (χ0) is 17.5. The molecular weight excluding hydrogens is 314 g/mol. The fourth-order valence-electron chi connectivity index (χ4n) is 3.20. The SMILES string of the molecule is CC(CCc1ccccc1)CC(=O)Nc1nc(N2CCCCC2)n[nH]1. The van der Waals surface area contributed by atoms with Gasteiger partial charge in [0.25, 0.3) is 0 Å². The van der Waals surface area contributed by atoms with Gasteiger partial charge in [-0.3, -0.25) is 10.1 Å². The van der Waals surface area contributed by atoms with E-state index in [-0.39, 0.29) is 5.91 Å². The largest absolute Gasteiger partial charge is 0.340 e. The van der Waals surface area contributed by atoms with E-state index in [0.717, 1.165) is 25.9 Å². The van der Waals surface area contributed by atoms with Crippen molar-refractivity contribution in [2.24, 2.45) is 5.92 Å². The van der Waals surface area contributed by atoms with Crippen molar-refractivity contribution in [3.8, 4) is 0 Å². The van der Waals surface area contributed by atoms with Crippen LogP contribution in [0.3, 0.4) is 0 Å². The number of H-pyrrole nitrogens is 1. The highest BCUT2D eigenvalue weighted by molar-refractivity contribution is 5.89. The molecule has 6 heteroatoms. The molecule has 1 aliphatic rings. The number of aromatic amines is 1. The predicted molar refractivity (Wildman–Crippen MR) is 99.6 cm³/mol. The Morgan fingerprint density at radius 1 is 1.24 bits per heavy atom. The van der Waals surface area contributed by atoms with Gasteiger partial charge in [0, 0.05) is 19.5 Å². The zero-order valence-corrected chi connectivity index (χ0v) is 14.9. The van der Waals surface area contributed by atoms with Crippen LogP contribution in [-0.4, -0.2) is 34.2 Å². The molecule has 0 saturated carbocycles. The normalized spacial score (nSPS) is 15.8. The van der Waals surface area contributed by atoms with Crippen LogP contribution in [0, 0.1) is 5.92 Å². The lowest BCUT2D eigenvalue weighted by Gasteiger charge is -2.24. The van der Waals surface area contributed by atoms with Crippen LogP contribution < -0.4 is 10.2 Å². The predicted octanol–water partition coefficient (Wildman–Crippen LogP) is 3.39. The number of anilines is 2. The molecule has 1 amide bonds. The van der Waals surface area contributed by atoms with E-state index in [4.69, 9.17) is 0 Å². The van der Waals surface area contributed by atoms with E-state index in [9.17, 15) is 4.79 Å². The standard InChI is InChI=1S/C19H27N5O/c1-15(10-11-16-8-4-2-5-9-16)14-17(25)20-18-21-19(23-22-18)24-12-6-3-7-13-24/h2,4-5,8-9,15H,3,6-7,10-14H2,1H3,(H2,20,21,22,23,25). The topological polar surface area (TPSA) is 73.9 Å². The fraction of sp³-hybridized carbons (Fsp3) is 0.526. The Hall–Kier alpha value is -2.37. The second kappa shape index (κ2) is 8.65. The van der Waals surface area contributed by atoms with Crippen LogP contribution in [0.2, 0.25) is 0 Å². The van der Waals surface area contributed by atoms with Crippen LogP contribution in [0.1, 0.15) is 44.6 Å². The maximum absolute atomic E-state index is 12.2. The first-order chi connectivity index (χ1) is 12.2. The summed E-state index contributed by atoms with van der Waals surface area (Å²) in [4.78, 5) is 18.8. The number of hydrogen-bond donors (Lipinski definition) is 2. The van der Waals surface area contributed by atoms with Crippen LogP contribution in [0.4, 0.5) is 11.9 Å². The molecule has 1 unspecified atom stereocenters. The number of rotatable bonds is 7. The van der Waals surface area contributed by atoms with Crippen molar-refractivity contribution in [1.82, 2.24) is 15.2 Å². The van der Waals surface area contributed by atoms with E-state index >= 15 is 0 Å². The monoisotopic (exact) mass is 341 g/mol. The maximum atomic E-state index is 12.2. The third kappa shape index (κ3) is 5.31. The number of hydrogen-bond acceptors (Lipinski definition) is 4. The minimum atomic E-state index is -0.0121. The number of benzene rings is 1. The highest BCUT2D eigenvalue weighted by Gasteiger charge is 2.16. The summed E-state index contributed by atoms with van der Waals surface area (Å²) >= 11 is 0. The first-order valence-corrected chi connectivity index (χ1v) is 9.22. The van der Waals surface area contributed by atoms with Crippen molar-refractivity contribution >= 4 is 17.8 Å². The van der Waals surface area contributed by atoms with Crippen molar-refractivity contribution in [2.45, 2.75) is 45.4 Å². The number of amides is 1. The Morgan fingerprint density at radius 2 is 2.00 bits per heavy atom. The number of nitrogens with one attached hydrogen (secondary N) is 2. The molecule has 2 N–H and O–H groups in total. The van der Waals surface area contributed by atoms with Gasteiger partial charge >= 0.3 is 0 Å². The van der Waals surface area contributed by atoms with Crippen LogP contribution in [0.15, 0.2) is 30.3 Å². The van der Waals surface area contributed by atoms with Gasteiger partial charge in [0.05, 0.1) is 0 Å². The Kier molecular flexibility index (Phi) is 6.04. The summed E-state index contributed by atoms with van der Waals surface area (Å²) in [6.07, 6.45) is 6.10. The van der Waals surface area contributed by atoms with Gasteiger partial charge in [-0.15, -0.1) is 5.10 Å². The molecule has 6 nitrogen and oxygen atoms in total. The van der Waals surface area contributed by atoms with Gasteiger partial charge in [-0.1, -0.05) is 37.3 Å². The molecule has 1 atom stereocenters. The van der Waals surface area contributed by atoms with Crippen LogP contribution in [-0.2, 0) is 11.2 Å². The summed E-state index contributed by atoms with van der Waals surface area (Å²) in [7, 11) is 0. The highest BCUT2D eigenvalue weighted by Crippen LogP contribution is 2.17. The number of aryl methyl sites for hydroxylation is 1. The highest BCUT2D eigenvalue weighted by atomic mass is 16.1. The van der Waals surface area contributed by atoms with E-state index < -0.39 is 0 Å². The number of carbonyl (C=O) groups excluding carboxylic acids is 1. The maximum Gasteiger partial charge on any atom is 0.246 e. The summed E-state index contributed by atoms with van der Waals surface area (Å²) in [5, 5.41) is 9.89. The summed E-state index contributed by atoms with van der Waals surface area (Å²) in [6.45, 7) is 4.09. The summed E-state index contributed by atoms with van der Waals surface area (Å²) in [5.41, 5.74) is 1.32. The number of nitrogens with zero attached hydrogens (tertiary/aromatic N) is 3. The molecule has 1 aliphatic heterocycles. The van der Waals surface area contributed by atoms with E-state index in [1.165, 1.54) is 24.8 Å². The van der Waals surface area contributed by atoms with Crippen molar-refractivity contribution in [2.75, 3.05) is 23.3 Å². The van der Waals surface area contributed by atoms with Gasteiger partial charge in [-0.25, -0.2) is 5.10 Å². The number of carbonyl (C=O) groups is 1. The minimum Gasteiger partial charge on any atom is -0.340 e. The summed E-state index contributed by atoms with van der Waals surface area (Å²) in [5.74, 6) is 1.44. The first-order valence-electron chi connectivity index (χ1n) is 9.22. The fourth-order valence-corrected chi connectivity index (χ4v) is 3.20. The second-order valence-corrected chi connectivity index (χ2v) is 6.91. The van der Waals surface area contributed by atoms with Gasteiger partial charge in [-0.05, 0) is 43.6 Å². The van der Waals surface area contributed by atoms with Gasteiger partial charge in [0.2, 0.25) is 17.8 Å². The van der Waals surface area contributed by atoms with Crippen LogP contribution >= 0.6 is 0 Å². The lowest BCUT2D eigenvalue weighted by atomic mass is 9.98. The Bertz CT molecular complexity index is 663. The average Bonchev–Trinajstić information content (AvgIpc) is 3.10. The molecule has 0 bridgehead atoms. The van der Waals surface area contributed by atoms with Crippen molar-refractivity contribution in [3.05, 3.63) is 35.9 Å². The molecule has 2 heterocycles. The van der Waals surface area contributed by atoms with Gasteiger partial charge in [0.15, 0.2) is 0 Å². The van der Waals surface area contributed by atoms with Gasteiger partial charge in [-0.2, -0.15) is 4.98 Å². The molecule has 1 fully saturated rings. The van der Waals surface area contributed by atoms with Gasteiger partial charge < -0.3 is 4.90 Å². The minimum absolute atomic E-state index is 0.0121. The van der Waals surface area contributed by atoms with Crippen LogP contribution in [0.25, 0.3) is 0 Å². The Labute approximate surface area is 149 Å². The first kappa shape index (κ1) is 17.5. The molecule has 0 spiro atoms. The third-order valence-corrected chi connectivity index (χ3v) is 4.67. The molecule has 25 heavy (non-hydrogen) atoms. The molecule has 3 rings (SSSR count). The number of aromatic nitrogens is 3. The van der Waals surface area contributed by atoms with E-state index in [1.54, 1.807) is 0 Å². The average molecular weight is 341 g/mol. The lowest BCUT2D eigenvalue weighted by molar-refractivity contribution is -0.117. The number of piperidine rings is 1. The van der Waals surface area contributed by atoms with E-state index in [1.807, 2.05) is 6.07 Å². The molecule has 1 aromatic heterocycles. The lowest BCUT2D eigenvalue weighted by Crippen LogP contribution is -2.30. The van der Waals surface area contributed by atoms with Crippen LogP contribution in [0.5, 0.6) is 0 Å². The van der Waals surface area contributed by atoms with Crippen molar-refractivity contribution < 1.29 is 4.79 Å². The van der Waals surface area contributed by atoms with Crippen molar-refractivity contribution in [1.29, 1.82) is 0 Å². The summed E-state index contributed by atoms with van der Waals surface area (Å²) < 4.78 is 0. The Morgan fingerprint density at radius 3 is 2.76 bits per heavy atom. The molecule has 134 valence electrons. The second-order valence-electron chi connectivity index (χ2n) is 6.91.